The quantitative estimate of drug-likeness (QED) is 0.899. The summed E-state index contributed by atoms with van der Waals surface area (Å²) < 4.78 is 32.1. The summed E-state index contributed by atoms with van der Waals surface area (Å²) in [6.45, 7) is 0.509. The molecule has 2 aromatic rings. The Morgan fingerprint density at radius 2 is 1.79 bits per heavy atom. The third kappa shape index (κ3) is 3.51. The van der Waals surface area contributed by atoms with E-state index in [1.165, 1.54) is 18.2 Å². The van der Waals surface area contributed by atoms with Crippen molar-refractivity contribution in [2.24, 2.45) is 5.73 Å². The molecular formula is C15H15F2NO. The Bertz CT molecular complexity index is 558. The van der Waals surface area contributed by atoms with Crippen LogP contribution in [-0.4, -0.2) is 6.54 Å². The Kier molecular flexibility index (Phi) is 4.47. The maximum absolute atomic E-state index is 13.4. The molecule has 2 N–H and O–H groups in total. The molecule has 0 atom stereocenters. The number of hydrogen-bond donors (Lipinski definition) is 1. The van der Waals surface area contributed by atoms with Crippen molar-refractivity contribution in [2.45, 2.75) is 13.0 Å². The fourth-order valence-corrected chi connectivity index (χ4v) is 1.81. The normalized spacial score (nSPS) is 10.5. The van der Waals surface area contributed by atoms with E-state index in [0.717, 1.165) is 0 Å². The molecule has 0 radical (unpaired) electrons. The van der Waals surface area contributed by atoms with Gasteiger partial charge in [-0.15, -0.1) is 0 Å². The molecule has 0 fully saturated rings. The van der Waals surface area contributed by atoms with Gasteiger partial charge in [-0.05, 0) is 42.8 Å². The second-order valence-electron chi connectivity index (χ2n) is 4.17. The van der Waals surface area contributed by atoms with Crippen molar-refractivity contribution in [2.75, 3.05) is 6.54 Å². The Morgan fingerprint density at radius 3 is 2.53 bits per heavy atom. The zero-order valence-corrected chi connectivity index (χ0v) is 10.4. The minimum atomic E-state index is -0.332. The summed E-state index contributed by atoms with van der Waals surface area (Å²) in [5.74, 6) is -0.109. The van der Waals surface area contributed by atoms with Crippen molar-refractivity contribution in [1.82, 2.24) is 0 Å². The number of halogens is 2. The van der Waals surface area contributed by atoms with Crippen molar-refractivity contribution >= 4 is 0 Å². The van der Waals surface area contributed by atoms with Gasteiger partial charge in [-0.3, -0.25) is 0 Å². The molecule has 0 bridgehead atoms. The summed E-state index contributed by atoms with van der Waals surface area (Å²) in [5, 5.41) is 0. The highest BCUT2D eigenvalue weighted by Crippen LogP contribution is 2.21. The van der Waals surface area contributed by atoms with Gasteiger partial charge < -0.3 is 10.5 Å². The summed E-state index contributed by atoms with van der Waals surface area (Å²) in [6.07, 6.45) is 0.518. The second-order valence-corrected chi connectivity index (χ2v) is 4.17. The zero-order valence-electron chi connectivity index (χ0n) is 10.4. The molecule has 0 amide bonds. The Balaban J connectivity index is 2.13. The van der Waals surface area contributed by atoms with E-state index >= 15 is 0 Å². The monoisotopic (exact) mass is 263 g/mol. The highest BCUT2D eigenvalue weighted by molar-refractivity contribution is 5.34. The standard InChI is InChI=1S/C15H15F2NO/c16-13-5-6-15(11(9-13)7-8-18)19-10-12-3-1-2-4-14(12)17/h1-6,9H,7-8,10,18H2. The average Bonchev–Trinajstić information content (AvgIpc) is 2.40. The minimum absolute atomic E-state index is 0.107. The van der Waals surface area contributed by atoms with E-state index in [9.17, 15) is 8.78 Å². The Labute approximate surface area is 110 Å². The maximum Gasteiger partial charge on any atom is 0.129 e. The van der Waals surface area contributed by atoms with E-state index in [1.54, 1.807) is 24.3 Å². The van der Waals surface area contributed by atoms with Crippen LogP contribution >= 0.6 is 0 Å². The van der Waals surface area contributed by atoms with Crippen LogP contribution in [0, 0.1) is 11.6 Å². The van der Waals surface area contributed by atoms with Gasteiger partial charge in [0.25, 0.3) is 0 Å². The van der Waals surface area contributed by atoms with Gasteiger partial charge in [-0.25, -0.2) is 8.78 Å². The average molecular weight is 263 g/mol. The predicted molar refractivity (Wildman–Crippen MR) is 69.9 cm³/mol. The predicted octanol–water partition coefficient (Wildman–Crippen LogP) is 3.05. The fourth-order valence-electron chi connectivity index (χ4n) is 1.81. The highest BCUT2D eigenvalue weighted by atomic mass is 19.1. The van der Waals surface area contributed by atoms with Gasteiger partial charge in [0.2, 0.25) is 0 Å². The molecule has 19 heavy (non-hydrogen) atoms. The van der Waals surface area contributed by atoms with Gasteiger partial charge >= 0.3 is 0 Å². The van der Waals surface area contributed by atoms with E-state index in [0.29, 0.717) is 29.8 Å². The first-order chi connectivity index (χ1) is 9.20. The first-order valence-electron chi connectivity index (χ1n) is 6.05. The van der Waals surface area contributed by atoms with Gasteiger partial charge in [0, 0.05) is 5.56 Å². The molecule has 0 saturated heterocycles. The number of benzene rings is 2. The lowest BCUT2D eigenvalue weighted by molar-refractivity contribution is 0.296. The van der Waals surface area contributed by atoms with Crippen LogP contribution in [0.2, 0.25) is 0 Å². The van der Waals surface area contributed by atoms with Crippen LogP contribution < -0.4 is 10.5 Å². The molecular weight excluding hydrogens is 248 g/mol. The van der Waals surface area contributed by atoms with E-state index in [4.69, 9.17) is 10.5 Å². The van der Waals surface area contributed by atoms with Gasteiger partial charge in [-0.2, -0.15) is 0 Å². The van der Waals surface area contributed by atoms with Crippen LogP contribution in [0.3, 0.4) is 0 Å². The Hall–Kier alpha value is -1.94. The van der Waals surface area contributed by atoms with Gasteiger partial charge in [0.05, 0.1) is 0 Å². The lowest BCUT2D eigenvalue weighted by Crippen LogP contribution is -2.06. The maximum atomic E-state index is 13.4. The lowest BCUT2D eigenvalue weighted by Gasteiger charge is -2.11. The number of nitrogens with two attached hydrogens (primary N) is 1. The van der Waals surface area contributed by atoms with Crippen molar-refractivity contribution < 1.29 is 13.5 Å². The van der Waals surface area contributed by atoms with Crippen LogP contribution in [0.25, 0.3) is 0 Å². The van der Waals surface area contributed by atoms with Crippen molar-refractivity contribution in [3.8, 4) is 5.75 Å². The van der Waals surface area contributed by atoms with E-state index in [1.807, 2.05) is 0 Å². The van der Waals surface area contributed by atoms with Crippen molar-refractivity contribution in [3.63, 3.8) is 0 Å². The summed E-state index contributed by atoms with van der Waals surface area (Å²) in [5.41, 5.74) is 6.63. The third-order valence-electron chi connectivity index (χ3n) is 2.78. The molecule has 0 aliphatic carbocycles. The highest BCUT2D eigenvalue weighted by Gasteiger charge is 2.07. The molecule has 4 heteroatoms. The van der Waals surface area contributed by atoms with Gasteiger partial charge in [0.1, 0.15) is 24.0 Å². The minimum Gasteiger partial charge on any atom is -0.489 e. The summed E-state index contributed by atoms with van der Waals surface area (Å²) >= 11 is 0. The van der Waals surface area contributed by atoms with Crippen LogP contribution in [-0.2, 0) is 13.0 Å². The molecule has 2 nitrogen and oxygen atoms in total. The second kappa shape index (κ2) is 6.29. The smallest absolute Gasteiger partial charge is 0.129 e. The molecule has 0 unspecified atom stereocenters. The molecule has 0 saturated carbocycles. The molecule has 0 aromatic heterocycles. The number of hydrogen-bond acceptors (Lipinski definition) is 2. The first-order valence-corrected chi connectivity index (χ1v) is 6.05. The molecule has 2 rings (SSSR count). The molecule has 100 valence electrons. The number of rotatable bonds is 5. The largest absolute Gasteiger partial charge is 0.489 e. The zero-order chi connectivity index (χ0) is 13.7. The fraction of sp³-hybridized carbons (Fsp3) is 0.200. The lowest BCUT2D eigenvalue weighted by atomic mass is 10.1. The number of ether oxygens (including phenoxy) is 1. The SMILES string of the molecule is NCCc1cc(F)ccc1OCc1ccccc1F. The van der Waals surface area contributed by atoms with E-state index in [2.05, 4.69) is 0 Å². The van der Waals surface area contributed by atoms with Crippen LogP contribution in [0.5, 0.6) is 5.75 Å². The van der Waals surface area contributed by atoms with E-state index in [-0.39, 0.29) is 18.2 Å². The molecule has 0 spiro atoms. The molecule has 2 aromatic carbocycles. The van der Waals surface area contributed by atoms with Gasteiger partial charge in [0.15, 0.2) is 0 Å². The summed E-state index contributed by atoms with van der Waals surface area (Å²) in [4.78, 5) is 0. The van der Waals surface area contributed by atoms with Crippen LogP contribution in [0.15, 0.2) is 42.5 Å². The molecule has 0 aliphatic rings. The van der Waals surface area contributed by atoms with Crippen LogP contribution in [0.4, 0.5) is 8.78 Å². The summed E-state index contributed by atoms with van der Waals surface area (Å²) in [7, 11) is 0. The topological polar surface area (TPSA) is 35.2 Å². The van der Waals surface area contributed by atoms with Crippen molar-refractivity contribution in [1.29, 1.82) is 0 Å². The van der Waals surface area contributed by atoms with E-state index < -0.39 is 0 Å². The van der Waals surface area contributed by atoms with Crippen molar-refractivity contribution in [3.05, 3.63) is 65.2 Å². The molecule has 0 aliphatic heterocycles. The van der Waals surface area contributed by atoms with Gasteiger partial charge in [-0.1, -0.05) is 18.2 Å². The summed E-state index contributed by atoms with van der Waals surface area (Å²) in [6, 6.07) is 10.6. The van der Waals surface area contributed by atoms with Crippen LogP contribution in [0.1, 0.15) is 11.1 Å². The molecule has 0 heterocycles. The Morgan fingerprint density at radius 1 is 1.00 bits per heavy atom. The third-order valence-corrected chi connectivity index (χ3v) is 2.78. The first kappa shape index (κ1) is 13.5.